The number of fused-ring (bicyclic) bond motifs is 1. The number of hydrogen-bond donors (Lipinski definition) is 2. The van der Waals surface area contributed by atoms with Crippen LogP contribution in [-0.4, -0.2) is 39.7 Å². The van der Waals surface area contributed by atoms with Crippen molar-refractivity contribution in [2.75, 3.05) is 18.4 Å². The molecule has 2 amide bonds. The molecule has 2 unspecified atom stereocenters. The number of piperidine rings is 1. The number of urea groups is 1. The van der Waals surface area contributed by atoms with Crippen LogP contribution in [0.25, 0.3) is 10.9 Å². The van der Waals surface area contributed by atoms with Gasteiger partial charge in [0.2, 0.25) is 0 Å². The Balaban J connectivity index is 1.72. The van der Waals surface area contributed by atoms with Gasteiger partial charge >= 0.3 is 12.0 Å². The molecule has 1 aromatic carbocycles. The van der Waals surface area contributed by atoms with Crippen LogP contribution in [0.3, 0.4) is 0 Å². The Morgan fingerprint density at radius 3 is 2.73 bits per heavy atom. The van der Waals surface area contributed by atoms with Gasteiger partial charge in [-0.05, 0) is 42.5 Å². The molecule has 2 aromatic rings. The number of benzene rings is 1. The fraction of sp³-hybridized carbons (Fsp3) is 0.500. The van der Waals surface area contributed by atoms with Crippen LogP contribution in [0.1, 0.15) is 27.2 Å². The standard InChI is InChI=1S/C20H27N3O3/c1-13(2)10-22-7-6-15-9-17(4-5-18(15)22)21-20(26)23-11-14(3)8-16(12-23)19(24)25/h4-7,9,13-14,16H,8,10-12H2,1-3H3,(H,21,26)(H,24,25). The molecule has 140 valence electrons. The maximum Gasteiger partial charge on any atom is 0.321 e. The molecule has 2 N–H and O–H groups in total. The zero-order valence-electron chi connectivity index (χ0n) is 15.6. The zero-order valence-corrected chi connectivity index (χ0v) is 15.6. The normalized spacial score (nSPS) is 20.5. The van der Waals surface area contributed by atoms with Crippen molar-refractivity contribution in [3.05, 3.63) is 30.5 Å². The first kappa shape index (κ1) is 18.3. The molecule has 2 heterocycles. The molecule has 0 spiro atoms. The number of amides is 2. The molecular weight excluding hydrogens is 330 g/mol. The Morgan fingerprint density at radius 2 is 2.04 bits per heavy atom. The predicted octanol–water partition coefficient (Wildman–Crippen LogP) is 3.87. The van der Waals surface area contributed by atoms with Gasteiger partial charge in [0, 0.05) is 42.4 Å². The van der Waals surface area contributed by atoms with Gasteiger partial charge in [-0.3, -0.25) is 4.79 Å². The quantitative estimate of drug-likeness (QED) is 0.872. The van der Waals surface area contributed by atoms with Gasteiger partial charge < -0.3 is 19.9 Å². The Labute approximate surface area is 153 Å². The molecule has 1 aliphatic rings. The van der Waals surface area contributed by atoms with Crippen molar-refractivity contribution in [2.24, 2.45) is 17.8 Å². The van der Waals surface area contributed by atoms with E-state index in [2.05, 4.69) is 36.0 Å². The smallest absolute Gasteiger partial charge is 0.321 e. The number of aromatic nitrogens is 1. The van der Waals surface area contributed by atoms with E-state index in [1.807, 2.05) is 25.1 Å². The maximum absolute atomic E-state index is 12.6. The lowest BCUT2D eigenvalue weighted by Crippen LogP contribution is -2.47. The Morgan fingerprint density at radius 1 is 1.27 bits per heavy atom. The summed E-state index contributed by atoms with van der Waals surface area (Å²) in [4.78, 5) is 25.5. The van der Waals surface area contributed by atoms with Crippen molar-refractivity contribution in [2.45, 2.75) is 33.7 Å². The summed E-state index contributed by atoms with van der Waals surface area (Å²) in [5, 5.41) is 13.3. The number of rotatable bonds is 4. The largest absolute Gasteiger partial charge is 0.481 e. The average molecular weight is 357 g/mol. The summed E-state index contributed by atoms with van der Waals surface area (Å²) >= 11 is 0. The van der Waals surface area contributed by atoms with E-state index in [-0.39, 0.29) is 18.5 Å². The van der Waals surface area contributed by atoms with Gasteiger partial charge in [-0.15, -0.1) is 0 Å². The van der Waals surface area contributed by atoms with Gasteiger partial charge in [-0.25, -0.2) is 4.79 Å². The van der Waals surface area contributed by atoms with Gasteiger partial charge in [-0.1, -0.05) is 20.8 Å². The summed E-state index contributed by atoms with van der Waals surface area (Å²) in [5.74, 6) is -0.573. The molecule has 1 aromatic heterocycles. The number of likely N-dealkylation sites (tertiary alicyclic amines) is 1. The van der Waals surface area contributed by atoms with Crippen molar-refractivity contribution >= 4 is 28.6 Å². The van der Waals surface area contributed by atoms with E-state index in [1.54, 1.807) is 4.90 Å². The zero-order chi connectivity index (χ0) is 18.8. The highest BCUT2D eigenvalue weighted by Gasteiger charge is 2.31. The van der Waals surface area contributed by atoms with Crippen molar-refractivity contribution < 1.29 is 14.7 Å². The van der Waals surface area contributed by atoms with E-state index in [9.17, 15) is 14.7 Å². The first-order chi connectivity index (χ1) is 12.3. The number of anilines is 1. The van der Waals surface area contributed by atoms with Crippen LogP contribution >= 0.6 is 0 Å². The third-order valence-corrected chi connectivity index (χ3v) is 4.88. The van der Waals surface area contributed by atoms with E-state index in [4.69, 9.17) is 0 Å². The van der Waals surface area contributed by atoms with Crippen molar-refractivity contribution in [3.63, 3.8) is 0 Å². The Bertz CT molecular complexity index is 812. The lowest BCUT2D eigenvalue weighted by molar-refractivity contribution is -0.143. The first-order valence-corrected chi connectivity index (χ1v) is 9.21. The van der Waals surface area contributed by atoms with Crippen molar-refractivity contribution in [3.8, 4) is 0 Å². The van der Waals surface area contributed by atoms with Gasteiger partial charge in [0.15, 0.2) is 0 Å². The highest BCUT2D eigenvalue weighted by molar-refractivity contribution is 5.93. The number of carboxylic acids is 1. The van der Waals surface area contributed by atoms with Crippen molar-refractivity contribution in [1.29, 1.82) is 0 Å². The van der Waals surface area contributed by atoms with Crippen LogP contribution in [-0.2, 0) is 11.3 Å². The molecule has 26 heavy (non-hydrogen) atoms. The van der Waals surface area contributed by atoms with Gasteiger partial charge in [0.1, 0.15) is 0 Å². The molecule has 0 saturated carbocycles. The highest BCUT2D eigenvalue weighted by atomic mass is 16.4. The summed E-state index contributed by atoms with van der Waals surface area (Å²) in [6.07, 6.45) is 2.69. The molecule has 3 rings (SSSR count). The molecule has 0 bridgehead atoms. The summed E-state index contributed by atoms with van der Waals surface area (Å²) in [7, 11) is 0. The molecule has 1 saturated heterocycles. The molecular formula is C20H27N3O3. The topological polar surface area (TPSA) is 74.6 Å². The number of carboxylic acid groups (broad SMARTS) is 1. The minimum atomic E-state index is -0.831. The van der Waals surface area contributed by atoms with Gasteiger partial charge in [-0.2, -0.15) is 0 Å². The van der Waals surface area contributed by atoms with Crippen LogP contribution in [0.15, 0.2) is 30.5 Å². The van der Waals surface area contributed by atoms with Crippen LogP contribution < -0.4 is 5.32 Å². The third-order valence-electron chi connectivity index (χ3n) is 4.88. The van der Waals surface area contributed by atoms with Crippen LogP contribution in [0, 0.1) is 17.8 Å². The fourth-order valence-electron chi connectivity index (χ4n) is 3.73. The minimum Gasteiger partial charge on any atom is -0.481 e. The van der Waals surface area contributed by atoms with E-state index in [0.29, 0.717) is 18.9 Å². The van der Waals surface area contributed by atoms with Crippen LogP contribution in [0.5, 0.6) is 0 Å². The number of hydrogen-bond acceptors (Lipinski definition) is 2. The summed E-state index contributed by atoms with van der Waals surface area (Å²) < 4.78 is 2.22. The third kappa shape index (κ3) is 4.00. The second-order valence-corrected chi connectivity index (χ2v) is 7.85. The highest BCUT2D eigenvalue weighted by Crippen LogP contribution is 2.24. The maximum atomic E-state index is 12.6. The SMILES string of the molecule is CC(C)Cn1ccc2cc(NC(=O)N3CC(C)CC(C(=O)O)C3)ccc21. The molecule has 1 aliphatic heterocycles. The number of nitrogens with zero attached hydrogens (tertiary/aromatic N) is 2. The van der Waals surface area contributed by atoms with Gasteiger partial charge in [0.25, 0.3) is 0 Å². The summed E-state index contributed by atoms with van der Waals surface area (Å²) in [6, 6.07) is 7.71. The lowest BCUT2D eigenvalue weighted by atomic mass is 9.91. The summed E-state index contributed by atoms with van der Waals surface area (Å²) in [5.41, 5.74) is 1.88. The second kappa shape index (κ2) is 7.40. The minimum absolute atomic E-state index is 0.183. The fourth-order valence-corrected chi connectivity index (χ4v) is 3.73. The number of nitrogens with one attached hydrogen (secondary N) is 1. The Hall–Kier alpha value is -2.50. The van der Waals surface area contributed by atoms with E-state index in [1.165, 1.54) is 0 Å². The predicted molar refractivity (Wildman–Crippen MR) is 102 cm³/mol. The second-order valence-electron chi connectivity index (χ2n) is 7.85. The monoisotopic (exact) mass is 357 g/mol. The number of carbonyl (C=O) groups excluding carboxylic acids is 1. The number of carbonyl (C=O) groups is 2. The van der Waals surface area contributed by atoms with Crippen molar-refractivity contribution in [1.82, 2.24) is 9.47 Å². The number of aliphatic carboxylic acids is 1. The molecule has 2 atom stereocenters. The lowest BCUT2D eigenvalue weighted by Gasteiger charge is -2.34. The molecule has 6 heteroatoms. The van der Waals surface area contributed by atoms with E-state index in [0.717, 1.165) is 23.1 Å². The molecule has 0 aliphatic carbocycles. The van der Waals surface area contributed by atoms with Crippen LogP contribution in [0.2, 0.25) is 0 Å². The van der Waals surface area contributed by atoms with E-state index >= 15 is 0 Å². The van der Waals surface area contributed by atoms with E-state index < -0.39 is 11.9 Å². The Kier molecular flexibility index (Phi) is 5.20. The molecule has 0 radical (unpaired) electrons. The van der Waals surface area contributed by atoms with Crippen LogP contribution in [0.4, 0.5) is 10.5 Å². The average Bonchev–Trinajstić information content (AvgIpc) is 2.95. The van der Waals surface area contributed by atoms with Gasteiger partial charge in [0.05, 0.1) is 5.92 Å². The first-order valence-electron chi connectivity index (χ1n) is 9.21. The molecule has 6 nitrogen and oxygen atoms in total. The molecule has 1 fully saturated rings. The summed E-state index contributed by atoms with van der Waals surface area (Å²) in [6.45, 7) is 8.16.